The Hall–Kier alpha value is -3.22. The molecule has 0 radical (unpaired) electrons. The second-order valence-corrected chi connectivity index (χ2v) is 7.06. The molecule has 29 heavy (non-hydrogen) atoms. The quantitative estimate of drug-likeness (QED) is 0.624. The molecule has 0 fully saturated rings. The maximum absolute atomic E-state index is 12.7. The van der Waals surface area contributed by atoms with Crippen LogP contribution in [0.4, 0.5) is 13.6 Å². The van der Waals surface area contributed by atoms with Gasteiger partial charge in [-0.25, -0.2) is 9.59 Å². The van der Waals surface area contributed by atoms with Crippen LogP contribution in [0.2, 0.25) is 0 Å². The SMILES string of the molecule is CC(C)(CC=C(F)F)C(NC(=O)Oc1ccccc1)C(=O)OCc1ccccc1. The van der Waals surface area contributed by atoms with E-state index in [4.69, 9.17) is 9.47 Å². The molecule has 1 N–H and O–H groups in total. The van der Waals surface area contributed by atoms with Crippen molar-refractivity contribution in [1.82, 2.24) is 5.32 Å². The number of rotatable bonds is 8. The van der Waals surface area contributed by atoms with Crippen LogP contribution in [0.25, 0.3) is 0 Å². The third-order valence-electron chi connectivity index (χ3n) is 4.24. The monoisotopic (exact) mass is 403 g/mol. The van der Waals surface area contributed by atoms with Crippen LogP contribution in [0.5, 0.6) is 5.75 Å². The fourth-order valence-electron chi connectivity index (χ4n) is 2.59. The lowest BCUT2D eigenvalue weighted by Gasteiger charge is -2.32. The van der Waals surface area contributed by atoms with E-state index in [1.165, 1.54) is 0 Å². The highest BCUT2D eigenvalue weighted by molar-refractivity contribution is 5.83. The number of nitrogens with one attached hydrogen (secondary N) is 1. The molecule has 0 saturated heterocycles. The molecule has 5 nitrogen and oxygen atoms in total. The van der Waals surface area contributed by atoms with Gasteiger partial charge in [0.25, 0.3) is 6.08 Å². The summed E-state index contributed by atoms with van der Waals surface area (Å²) in [7, 11) is 0. The van der Waals surface area contributed by atoms with Crippen molar-refractivity contribution in [2.45, 2.75) is 32.9 Å². The van der Waals surface area contributed by atoms with Crippen molar-refractivity contribution in [3.05, 3.63) is 78.4 Å². The normalized spacial score (nSPS) is 11.9. The molecule has 1 atom stereocenters. The molecule has 2 rings (SSSR count). The summed E-state index contributed by atoms with van der Waals surface area (Å²) in [6.07, 6.45) is -2.18. The lowest BCUT2D eigenvalue weighted by atomic mass is 9.81. The van der Waals surface area contributed by atoms with E-state index < -0.39 is 29.6 Å². The van der Waals surface area contributed by atoms with Gasteiger partial charge in [-0.1, -0.05) is 62.4 Å². The molecule has 0 aliphatic carbocycles. The number of benzene rings is 2. The summed E-state index contributed by atoms with van der Waals surface area (Å²) in [5.74, 6) is -0.453. The Balaban J connectivity index is 2.12. The molecule has 0 spiro atoms. The predicted molar refractivity (Wildman–Crippen MR) is 104 cm³/mol. The fraction of sp³-hybridized carbons (Fsp3) is 0.273. The van der Waals surface area contributed by atoms with E-state index in [2.05, 4.69) is 5.32 Å². The number of hydrogen-bond acceptors (Lipinski definition) is 4. The third-order valence-corrected chi connectivity index (χ3v) is 4.24. The van der Waals surface area contributed by atoms with Gasteiger partial charge in [-0.15, -0.1) is 0 Å². The molecule has 0 aliphatic heterocycles. The lowest BCUT2D eigenvalue weighted by molar-refractivity contribution is -0.150. The highest BCUT2D eigenvalue weighted by atomic mass is 19.3. The van der Waals surface area contributed by atoms with Gasteiger partial charge in [0, 0.05) is 0 Å². The molecule has 0 aromatic heterocycles. The molecule has 7 heteroatoms. The van der Waals surface area contributed by atoms with Crippen LogP contribution in [-0.2, 0) is 16.1 Å². The molecule has 0 bridgehead atoms. The first kappa shape index (κ1) is 22.1. The summed E-state index contributed by atoms with van der Waals surface area (Å²) in [6, 6.07) is 16.1. The Bertz CT molecular complexity index is 834. The first-order chi connectivity index (χ1) is 13.8. The Morgan fingerprint density at radius 3 is 2.21 bits per heavy atom. The third kappa shape index (κ3) is 7.37. The number of amides is 1. The maximum atomic E-state index is 12.7. The summed E-state index contributed by atoms with van der Waals surface area (Å²) >= 11 is 0. The summed E-state index contributed by atoms with van der Waals surface area (Å²) < 4.78 is 35.6. The predicted octanol–water partition coefficient (Wildman–Crippen LogP) is 5.08. The number of ether oxygens (including phenoxy) is 2. The smallest absolute Gasteiger partial charge is 0.413 e. The van der Waals surface area contributed by atoms with Crippen molar-refractivity contribution in [3.63, 3.8) is 0 Å². The second kappa shape index (κ2) is 10.4. The van der Waals surface area contributed by atoms with E-state index in [9.17, 15) is 18.4 Å². The topological polar surface area (TPSA) is 64.6 Å². The van der Waals surface area contributed by atoms with Gasteiger partial charge >= 0.3 is 12.1 Å². The van der Waals surface area contributed by atoms with Gasteiger partial charge in [0.15, 0.2) is 0 Å². The largest absolute Gasteiger partial charge is 0.459 e. The van der Waals surface area contributed by atoms with Gasteiger partial charge < -0.3 is 14.8 Å². The average Bonchev–Trinajstić information content (AvgIpc) is 2.70. The molecular formula is C22H23F2NO4. The molecule has 2 aromatic rings. The average molecular weight is 403 g/mol. The van der Waals surface area contributed by atoms with Crippen LogP contribution in [0.3, 0.4) is 0 Å². The van der Waals surface area contributed by atoms with Gasteiger partial charge in [0.05, 0.1) is 0 Å². The van der Waals surface area contributed by atoms with E-state index in [0.717, 1.165) is 5.56 Å². The van der Waals surface area contributed by atoms with Crippen LogP contribution in [0.15, 0.2) is 72.8 Å². The van der Waals surface area contributed by atoms with Gasteiger partial charge in [-0.3, -0.25) is 0 Å². The maximum Gasteiger partial charge on any atom is 0.413 e. The van der Waals surface area contributed by atoms with Crippen LogP contribution >= 0.6 is 0 Å². The minimum atomic E-state index is -1.86. The summed E-state index contributed by atoms with van der Waals surface area (Å²) in [5.41, 5.74) is -0.286. The number of hydrogen-bond donors (Lipinski definition) is 1. The number of halogens is 2. The molecule has 0 heterocycles. The van der Waals surface area contributed by atoms with Crippen molar-refractivity contribution >= 4 is 12.1 Å². The van der Waals surface area contributed by atoms with Crippen molar-refractivity contribution in [3.8, 4) is 5.75 Å². The minimum Gasteiger partial charge on any atom is -0.459 e. The highest BCUT2D eigenvalue weighted by Gasteiger charge is 2.38. The number of allylic oxidation sites excluding steroid dienone is 1. The number of carbonyl (C=O) groups excluding carboxylic acids is 2. The first-order valence-electron chi connectivity index (χ1n) is 9.03. The molecule has 1 amide bonds. The van der Waals surface area contributed by atoms with Crippen molar-refractivity contribution in [2.24, 2.45) is 5.41 Å². The van der Waals surface area contributed by atoms with E-state index >= 15 is 0 Å². The highest BCUT2D eigenvalue weighted by Crippen LogP contribution is 2.28. The fourth-order valence-corrected chi connectivity index (χ4v) is 2.59. The van der Waals surface area contributed by atoms with Crippen molar-refractivity contribution < 1.29 is 27.8 Å². The van der Waals surface area contributed by atoms with E-state index in [-0.39, 0.29) is 18.8 Å². The van der Waals surface area contributed by atoms with E-state index in [0.29, 0.717) is 6.08 Å². The number of carbonyl (C=O) groups is 2. The Labute approximate surface area is 168 Å². The molecule has 0 saturated carbocycles. The van der Waals surface area contributed by atoms with Gasteiger partial charge in [-0.2, -0.15) is 8.78 Å². The number of para-hydroxylation sites is 1. The van der Waals surface area contributed by atoms with Gasteiger partial charge in [0.2, 0.25) is 0 Å². The Morgan fingerprint density at radius 2 is 1.62 bits per heavy atom. The standard InChI is InChI=1S/C22H23F2NO4/c1-22(2,14-13-18(23)24)19(20(26)28-15-16-9-5-3-6-10-16)25-21(27)29-17-11-7-4-8-12-17/h3-13,19H,14-15H2,1-2H3,(H,25,27). The zero-order valence-electron chi connectivity index (χ0n) is 16.2. The summed E-state index contributed by atoms with van der Waals surface area (Å²) in [5, 5.41) is 2.46. The van der Waals surface area contributed by atoms with Gasteiger partial charge in [-0.05, 0) is 35.6 Å². The molecule has 1 unspecified atom stereocenters. The second-order valence-electron chi connectivity index (χ2n) is 7.06. The zero-order valence-corrected chi connectivity index (χ0v) is 16.2. The van der Waals surface area contributed by atoms with Crippen LogP contribution in [0.1, 0.15) is 25.8 Å². The summed E-state index contributed by atoms with van der Waals surface area (Å²) in [4.78, 5) is 25.0. The molecule has 154 valence electrons. The Morgan fingerprint density at radius 1 is 1.03 bits per heavy atom. The molecule has 2 aromatic carbocycles. The lowest BCUT2D eigenvalue weighted by Crippen LogP contribution is -2.51. The molecule has 0 aliphatic rings. The Kier molecular flexibility index (Phi) is 7.88. The number of esters is 1. The zero-order chi connectivity index (χ0) is 21.3. The minimum absolute atomic E-state index is 0.00498. The van der Waals surface area contributed by atoms with Crippen molar-refractivity contribution in [1.29, 1.82) is 0 Å². The van der Waals surface area contributed by atoms with Gasteiger partial charge in [0.1, 0.15) is 18.4 Å². The molecular weight excluding hydrogens is 380 g/mol. The van der Waals surface area contributed by atoms with E-state index in [1.807, 2.05) is 6.07 Å². The summed E-state index contributed by atoms with van der Waals surface area (Å²) in [6.45, 7) is 3.17. The van der Waals surface area contributed by atoms with Crippen molar-refractivity contribution in [2.75, 3.05) is 0 Å². The van der Waals surface area contributed by atoms with E-state index in [1.54, 1.807) is 68.4 Å². The van der Waals surface area contributed by atoms with Crippen LogP contribution in [-0.4, -0.2) is 18.1 Å². The van der Waals surface area contributed by atoms with Crippen LogP contribution < -0.4 is 10.1 Å². The van der Waals surface area contributed by atoms with Crippen LogP contribution in [0, 0.1) is 5.41 Å². The first-order valence-corrected chi connectivity index (χ1v) is 9.03.